The maximum atomic E-state index is 14.3. The van der Waals surface area contributed by atoms with E-state index in [9.17, 15) is 19.2 Å². The Hall–Kier alpha value is -3.48. The summed E-state index contributed by atoms with van der Waals surface area (Å²) in [7, 11) is 0. The Morgan fingerprint density at radius 3 is 1.54 bits per heavy atom. The fourth-order valence-corrected chi connectivity index (χ4v) is 7.78. The zero-order valence-corrected chi connectivity index (χ0v) is 23.1. The lowest BCUT2D eigenvalue weighted by molar-refractivity contribution is -0.148. The van der Waals surface area contributed by atoms with Crippen molar-refractivity contribution in [2.24, 2.45) is 17.8 Å². The Kier molecular flexibility index (Phi) is 5.79. The number of alkyl halides is 2. The normalized spacial score (nSPS) is 27.2. The van der Waals surface area contributed by atoms with E-state index in [1.165, 1.54) is 6.92 Å². The van der Waals surface area contributed by atoms with Crippen LogP contribution in [0, 0.1) is 17.8 Å². The van der Waals surface area contributed by atoms with Gasteiger partial charge in [0.15, 0.2) is 5.78 Å². The van der Waals surface area contributed by atoms with Gasteiger partial charge in [0, 0.05) is 11.3 Å². The molecule has 4 aliphatic rings. The van der Waals surface area contributed by atoms with E-state index in [4.69, 9.17) is 23.2 Å². The lowest BCUT2D eigenvalue weighted by atomic mass is 9.54. The Bertz CT molecular complexity index is 1440. The number of Topliss-reactive ketones (excluding diaryl/α,β-unsaturated/α-hetero) is 1. The second-order valence-electron chi connectivity index (χ2n) is 10.8. The maximum absolute atomic E-state index is 14.3. The summed E-state index contributed by atoms with van der Waals surface area (Å²) < 4.78 is 0. The summed E-state index contributed by atoms with van der Waals surface area (Å²) in [6.45, 7) is 5.04. The third-order valence-electron chi connectivity index (χ3n) is 8.36. The van der Waals surface area contributed by atoms with Crippen LogP contribution in [0.15, 0.2) is 72.8 Å². The average molecular weight is 561 g/mol. The first-order chi connectivity index (χ1) is 18.5. The number of amides is 3. The molecule has 1 saturated heterocycles. The molecule has 0 aromatic heterocycles. The van der Waals surface area contributed by atoms with E-state index in [-0.39, 0.29) is 5.78 Å². The zero-order chi connectivity index (χ0) is 27.9. The van der Waals surface area contributed by atoms with E-state index >= 15 is 0 Å². The molecular formula is C31H26Cl2N2O4. The largest absolute Gasteiger partial charge is 0.324 e. The quantitative estimate of drug-likeness (QED) is 0.255. The van der Waals surface area contributed by atoms with Gasteiger partial charge in [-0.1, -0.05) is 62.4 Å². The molecule has 0 spiro atoms. The predicted octanol–water partition coefficient (Wildman–Crippen LogP) is 5.45. The number of carbonyl (C=O) groups excluding carboxylic acids is 4. The number of hydrogen-bond donors (Lipinski definition) is 1. The molecule has 1 fully saturated rings. The van der Waals surface area contributed by atoms with Crippen LogP contribution < -0.4 is 5.32 Å². The van der Waals surface area contributed by atoms with Crippen molar-refractivity contribution < 1.29 is 19.2 Å². The van der Waals surface area contributed by atoms with Crippen LogP contribution in [0.5, 0.6) is 0 Å². The molecule has 3 amide bonds. The summed E-state index contributed by atoms with van der Waals surface area (Å²) in [5, 5.41) is 2.82. The Morgan fingerprint density at radius 1 is 0.769 bits per heavy atom. The second-order valence-corrected chi connectivity index (χ2v) is 12.0. The molecule has 3 aromatic carbocycles. The van der Waals surface area contributed by atoms with E-state index in [1.807, 2.05) is 48.5 Å². The van der Waals surface area contributed by atoms with Gasteiger partial charge in [0.2, 0.25) is 17.7 Å². The summed E-state index contributed by atoms with van der Waals surface area (Å²) in [6.07, 6.45) is 0. The molecule has 39 heavy (non-hydrogen) atoms. The third-order valence-corrected chi connectivity index (χ3v) is 9.64. The number of rotatable bonds is 5. The molecule has 0 unspecified atom stereocenters. The minimum Gasteiger partial charge on any atom is -0.324 e. The molecule has 8 heteroatoms. The number of benzene rings is 3. The van der Waals surface area contributed by atoms with Crippen molar-refractivity contribution >= 4 is 52.4 Å². The number of carbonyl (C=O) groups is 4. The molecule has 1 heterocycles. The minimum absolute atomic E-state index is 0.0922. The van der Waals surface area contributed by atoms with Crippen molar-refractivity contribution in [3.63, 3.8) is 0 Å². The van der Waals surface area contributed by atoms with Gasteiger partial charge in [0.1, 0.15) is 15.8 Å². The summed E-state index contributed by atoms with van der Waals surface area (Å²) in [4.78, 5) is 52.3. The van der Waals surface area contributed by atoms with E-state index in [0.717, 1.165) is 4.90 Å². The van der Waals surface area contributed by atoms with Crippen molar-refractivity contribution in [1.82, 2.24) is 4.90 Å². The maximum Gasteiger partial charge on any atom is 0.247 e. The van der Waals surface area contributed by atoms with E-state index in [1.54, 1.807) is 38.1 Å². The molecule has 3 aromatic rings. The van der Waals surface area contributed by atoms with Crippen molar-refractivity contribution in [2.45, 2.75) is 36.6 Å². The van der Waals surface area contributed by atoms with Gasteiger partial charge in [-0.25, -0.2) is 0 Å². The fourth-order valence-electron chi connectivity index (χ4n) is 6.69. The fraction of sp³-hybridized carbons (Fsp3) is 0.290. The van der Waals surface area contributed by atoms with E-state index in [2.05, 4.69) is 5.32 Å². The molecule has 6 nitrogen and oxygen atoms in total. The Morgan fingerprint density at radius 2 is 1.18 bits per heavy atom. The molecule has 3 aliphatic carbocycles. The standard InChI is InChI=1S/C31H26Cl2N2O4/c1-16(2)26(27(37)34-19-14-12-18(13-15-19)17(3)36)35-28(38)24-25(29(35)39)31(33)21-9-5-4-8-20(21)30(24,32)22-10-6-7-11-23(22)31/h4-16,24-26H,1-3H3,(H,34,37)/t24-,25-,26+,30?,31?/m1/s1. The number of nitrogens with one attached hydrogen (secondary N) is 1. The van der Waals surface area contributed by atoms with Crippen LogP contribution in [0.3, 0.4) is 0 Å². The highest BCUT2D eigenvalue weighted by Crippen LogP contribution is 2.69. The van der Waals surface area contributed by atoms with Gasteiger partial charge in [0.05, 0.1) is 11.8 Å². The molecule has 198 valence electrons. The van der Waals surface area contributed by atoms with Gasteiger partial charge < -0.3 is 5.32 Å². The summed E-state index contributed by atoms with van der Waals surface area (Å²) >= 11 is 15.0. The van der Waals surface area contributed by atoms with Gasteiger partial charge in [-0.2, -0.15) is 0 Å². The van der Waals surface area contributed by atoms with Gasteiger partial charge >= 0.3 is 0 Å². The highest BCUT2D eigenvalue weighted by Gasteiger charge is 2.73. The lowest BCUT2D eigenvalue weighted by Crippen LogP contribution is -2.57. The van der Waals surface area contributed by atoms with Crippen LogP contribution in [-0.4, -0.2) is 34.4 Å². The molecule has 2 bridgehead atoms. The van der Waals surface area contributed by atoms with Crippen LogP contribution >= 0.6 is 23.2 Å². The monoisotopic (exact) mass is 560 g/mol. The van der Waals surface area contributed by atoms with Crippen molar-refractivity contribution in [3.8, 4) is 0 Å². The molecule has 1 aliphatic heterocycles. The zero-order valence-electron chi connectivity index (χ0n) is 21.6. The molecule has 7 rings (SSSR count). The van der Waals surface area contributed by atoms with Gasteiger partial charge in [-0.15, -0.1) is 23.2 Å². The highest BCUT2D eigenvalue weighted by atomic mass is 35.5. The van der Waals surface area contributed by atoms with Gasteiger partial charge in [0.25, 0.3) is 0 Å². The molecule has 0 radical (unpaired) electrons. The van der Waals surface area contributed by atoms with Crippen LogP contribution in [0.25, 0.3) is 0 Å². The number of nitrogens with zero attached hydrogens (tertiary/aromatic N) is 1. The Balaban J connectivity index is 1.44. The summed E-state index contributed by atoms with van der Waals surface area (Å²) in [6, 6.07) is 20.2. The average Bonchev–Trinajstić information content (AvgIpc) is 3.18. The van der Waals surface area contributed by atoms with Crippen LogP contribution in [0.4, 0.5) is 5.69 Å². The summed E-state index contributed by atoms with van der Waals surface area (Å²) in [5.74, 6) is -3.95. The van der Waals surface area contributed by atoms with Gasteiger partial charge in [-0.05, 0) is 59.4 Å². The summed E-state index contributed by atoms with van der Waals surface area (Å²) in [5.41, 5.74) is 3.80. The van der Waals surface area contributed by atoms with E-state index < -0.39 is 51.3 Å². The first-order valence-electron chi connectivity index (χ1n) is 12.9. The number of imide groups is 1. The number of likely N-dealkylation sites (tertiary alicyclic amines) is 1. The van der Waals surface area contributed by atoms with Crippen molar-refractivity contribution in [3.05, 3.63) is 101 Å². The highest BCUT2D eigenvalue weighted by molar-refractivity contribution is 6.36. The lowest BCUT2D eigenvalue weighted by Gasteiger charge is -2.54. The molecular weight excluding hydrogens is 535 g/mol. The molecule has 3 atom stereocenters. The number of anilines is 1. The topological polar surface area (TPSA) is 83.6 Å². The van der Waals surface area contributed by atoms with Crippen LogP contribution in [0.1, 0.15) is 53.4 Å². The number of hydrogen-bond acceptors (Lipinski definition) is 4. The minimum atomic E-state index is -1.31. The first kappa shape index (κ1) is 25.8. The Labute approximate surface area is 236 Å². The SMILES string of the molecule is CC(=O)c1ccc(NC(=O)[C@H](C(C)C)N2C(=O)[C@H]3[C@H](C2=O)C2(Cl)c4ccccc4C3(Cl)c3ccccc32)cc1. The predicted molar refractivity (Wildman–Crippen MR) is 149 cm³/mol. The van der Waals surface area contributed by atoms with E-state index in [0.29, 0.717) is 33.5 Å². The van der Waals surface area contributed by atoms with Crippen LogP contribution in [-0.2, 0) is 24.1 Å². The molecule has 0 saturated carbocycles. The third kappa shape index (κ3) is 3.34. The van der Waals surface area contributed by atoms with Gasteiger partial charge in [-0.3, -0.25) is 24.1 Å². The number of halogens is 2. The number of ketones is 1. The second kappa shape index (κ2) is 8.77. The molecule has 1 N–H and O–H groups in total. The van der Waals surface area contributed by atoms with Crippen LogP contribution in [0.2, 0.25) is 0 Å². The van der Waals surface area contributed by atoms with Crippen molar-refractivity contribution in [1.29, 1.82) is 0 Å². The smallest absolute Gasteiger partial charge is 0.247 e. The first-order valence-corrected chi connectivity index (χ1v) is 13.6. The van der Waals surface area contributed by atoms with Crippen molar-refractivity contribution in [2.75, 3.05) is 5.32 Å².